The number of likely N-dealkylation sites (N-methyl/N-ethyl adjacent to an activating group) is 1. The lowest BCUT2D eigenvalue weighted by Gasteiger charge is -2.30. The highest BCUT2D eigenvalue weighted by Crippen LogP contribution is 2.40. The number of hydrogen-bond donors (Lipinski definition) is 3. The number of pyridine rings is 1. The summed E-state index contributed by atoms with van der Waals surface area (Å²) in [5.41, 5.74) is 6.16. The van der Waals surface area contributed by atoms with Crippen molar-refractivity contribution in [1.29, 1.82) is 5.41 Å². The van der Waals surface area contributed by atoms with Crippen LogP contribution in [-0.4, -0.2) is 73.1 Å². The number of aromatic hydroxyl groups is 1. The van der Waals surface area contributed by atoms with Crippen molar-refractivity contribution < 1.29 is 28.1 Å². The normalized spacial score (nSPS) is 15.4. The molecule has 0 spiro atoms. The van der Waals surface area contributed by atoms with Crippen LogP contribution in [0.3, 0.4) is 0 Å². The number of nitrogens with two attached hydrogens (primary N) is 1. The van der Waals surface area contributed by atoms with Gasteiger partial charge in [0.2, 0.25) is 11.6 Å². The van der Waals surface area contributed by atoms with E-state index in [2.05, 4.69) is 9.98 Å². The number of nitrogen functional groups attached to an aromatic ring is 1. The molecule has 12 heteroatoms. The van der Waals surface area contributed by atoms with Crippen molar-refractivity contribution in [3.63, 3.8) is 0 Å². The van der Waals surface area contributed by atoms with Crippen LogP contribution < -0.4 is 20.1 Å². The van der Waals surface area contributed by atoms with E-state index in [-0.39, 0.29) is 60.6 Å². The zero-order valence-electron chi connectivity index (χ0n) is 20.6. The van der Waals surface area contributed by atoms with Crippen LogP contribution in [0.15, 0.2) is 47.5 Å². The average Bonchev–Trinajstić information content (AvgIpc) is 3.34. The van der Waals surface area contributed by atoms with Crippen molar-refractivity contribution >= 4 is 17.4 Å². The van der Waals surface area contributed by atoms with Crippen molar-refractivity contribution in [2.45, 2.75) is 0 Å². The summed E-state index contributed by atoms with van der Waals surface area (Å²) < 4.78 is 48.2. The summed E-state index contributed by atoms with van der Waals surface area (Å²) in [6.07, 6.45) is 0. The topological polar surface area (TPSA) is 130 Å². The molecule has 0 amide bonds. The molecule has 38 heavy (non-hydrogen) atoms. The predicted molar refractivity (Wildman–Crippen MR) is 137 cm³/mol. The molecule has 5 rings (SSSR count). The van der Waals surface area contributed by atoms with Crippen LogP contribution in [0.1, 0.15) is 11.1 Å². The smallest absolute Gasteiger partial charge is 0.261 e. The van der Waals surface area contributed by atoms with E-state index in [0.717, 1.165) is 17.9 Å². The first kappa shape index (κ1) is 25.2. The van der Waals surface area contributed by atoms with Gasteiger partial charge in [-0.1, -0.05) is 12.1 Å². The van der Waals surface area contributed by atoms with Crippen molar-refractivity contribution in [3.8, 4) is 29.0 Å². The monoisotopic (exact) mass is 524 g/mol. The van der Waals surface area contributed by atoms with Gasteiger partial charge in [0.1, 0.15) is 23.1 Å². The Balaban J connectivity index is 1.56. The molecule has 0 unspecified atom stereocenters. The van der Waals surface area contributed by atoms with Crippen molar-refractivity contribution in [3.05, 3.63) is 65.2 Å². The van der Waals surface area contributed by atoms with E-state index in [9.17, 15) is 5.11 Å². The van der Waals surface area contributed by atoms with Crippen molar-refractivity contribution in [1.82, 2.24) is 9.88 Å². The third-order valence-electron chi connectivity index (χ3n) is 6.16. The number of morpholine rings is 1. The molecule has 0 aliphatic carbocycles. The Hall–Kier alpha value is -4.45. The fourth-order valence-electron chi connectivity index (χ4n) is 4.21. The standard InChI is InChI=1S/C26H26F2N6O4/c1-33-8-7-31-24(33)16-3-2-4-17(13-16)37-25-20(27)22(34-9-11-36-12-10-34)21(28)26(32-25)38-19-14-15(23(29)30)5-6-18(19)35/h2-6,13-14,35H,7-12H2,1H3,(H3,29,30). The van der Waals surface area contributed by atoms with Gasteiger partial charge in [-0.3, -0.25) is 10.4 Å². The van der Waals surface area contributed by atoms with E-state index in [4.69, 9.17) is 25.4 Å². The van der Waals surface area contributed by atoms with Crippen LogP contribution in [-0.2, 0) is 4.74 Å². The number of aromatic nitrogens is 1. The van der Waals surface area contributed by atoms with Crippen molar-refractivity contribution in [2.75, 3.05) is 51.3 Å². The third kappa shape index (κ3) is 5.02. The molecule has 2 aliphatic heterocycles. The molecular weight excluding hydrogens is 498 g/mol. The second-order valence-corrected chi connectivity index (χ2v) is 8.75. The van der Waals surface area contributed by atoms with Gasteiger partial charge in [0.15, 0.2) is 11.5 Å². The van der Waals surface area contributed by atoms with Crippen molar-refractivity contribution in [2.24, 2.45) is 10.7 Å². The number of phenolic OH excluding ortho intramolecular Hbond substituents is 1. The minimum absolute atomic E-state index is 0.209. The first-order valence-corrected chi connectivity index (χ1v) is 11.9. The molecule has 0 bridgehead atoms. The number of hydrogen-bond acceptors (Lipinski definition) is 9. The lowest BCUT2D eigenvalue weighted by Crippen LogP contribution is -2.37. The minimum atomic E-state index is -1.07. The fraction of sp³-hybridized carbons (Fsp3) is 0.269. The Kier molecular flexibility index (Phi) is 6.97. The first-order valence-electron chi connectivity index (χ1n) is 11.9. The molecular formula is C26H26F2N6O4. The molecule has 3 heterocycles. The Labute approximate surface area is 217 Å². The number of ether oxygens (including phenoxy) is 3. The van der Waals surface area contributed by atoms with E-state index >= 15 is 8.78 Å². The fourth-order valence-corrected chi connectivity index (χ4v) is 4.21. The zero-order valence-corrected chi connectivity index (χ0v) is 20.6. The molecule has 10 nitrogen and oxygen atoms in total. The zero-order chi connectivity index (χ0) is 26.8. The predicted octanol–water partition coefficient (Wildman–Crippen LogP) is 3.46. The second kappa shape index (κ2) is 10.5. The van der Waals surface area contributed by atoms with Gasteiger partial charge in [-0.2, -0.15) is 13.8 Å². The van der Waals surface area contributed by atoms with Gasteiger partial charge in [0.05, 0.1) is 19.8 Å². The number of amidine groups is 2. The molecule has 0 saturated carbocycles. The van der Waals surface area contributed by atoms with Gasteiger partial charge in [-0.15, -0.1) is 0 Å². The molecule has 2 aromatic carbocycles. The highest BCUT2D eigenvalue weighted by Gasteiger charge is 2.29. The Bertz CT molecular complexity index is 1410. The van der Waals surface area contributed by atoms with Crippen LogP contribution in [0.2, 0.25) is 0 Å². The lowest BCUT2D eigenvalue weighted by atomic mass is 10.2. The van der Waals surface area contributed by atoms with Crippen LogP contribution in [0.5, 0.6) is 29.0 Å². The molecule has 0 atom stereocenters. The SMILES string of the molecule is CN1CCN=C1c1cccc(Oc2nc(Oc3cc(C(=N)N)ccc3O)c(F)c(N3CCOCC3)c2F)c1. The minimum Gasteiger partial charge on any atom is -0.504 e. The molecule has 3 aromatic rings. The number of rotatable bonds is 7. The molecule has 1 saturated heterocycles. The van der Waals surface area contributed by atoms with Gasteiger partial charge in [0.25, 0.3) is 11.8 Å². The van der Waals surface area contributed by atoms with Crippen LogP contribution in [0.4, 0.5) is 14.5 Å². The number of halogens is 2. The Morgan fingerprint density at radius 3 is 2.47 bits per heavy atom. The highest BCUT2D eigenvalue weighted by molar-refractivity contribution is 6.00. The van der Waals surface area contributed by atoms with Crippen LogP contribution in [0.25, 0.3) is 0 Å². The van der Waals surface area contributed by atoms with E-state index in [1.54, 1.807) is 18.2 Å². The molecule has 2 aliphatic rings. The van der Waals surface area contributed by atoms with Crippen LogP contribution in [0, 0.1) is 17.0 Å². The number of benzene rings is 2. The summed E-state index contributed by atoms with van der Waals surface area (Å²) in [6, 6.07) is 10.8. The molecule has 1 fully saturated rings. The number of aliphatic imine (C=N–C) groups is 1. The van der Waals surface area contributed by atoms with Gasteiger partial charge in [0, 0.05) is 37.8 Å². The number of nitrogens with one attached hydrogen (secondary N) is 1. The second-order valence-electron chi connectivity index (χ2n) is 8.75. The maximum absolute atomic E-state index is 15.7. The molecule has 198 valence electrons. The summed E-state index contributed by atoms with van der Waals surface area (Å²) in [5.74, 6) is -2.98. The Morgan fingerprint density at radius 1 is 1.05 bits per heavy atom. The summed E-state index contributed by atoms with van der Waals surface area (Å²) in [6.45, 7) is 2.51. The summed E-state index contributed by atoms with van der Waals surface area (Å²) in [5, 5.41) is 17.9. The van der Waals surface area contributed by atoms with Gasteiger partial charge < -0.3 is 34.9 Å². The maximum Gasteiger partial charge on any atom is 0.261 e. The average molecular weight is 525 g/mol. The maximum atomic E-state index is 15.7. The summed E-state index contributed by atoms with van der Waals surface area (Å²) in [4.78, 5) is 12.0. The quantitative estimate of drug-likeness (QED) is 0.317. The third-order valence-corrected chi connectivity index (χ3v) is 6.16. The van der Waals surface area contributed by atoms with E-state index in [0.29, 0.717) is 6.54 Å². The largest absolute Gasteiger partial charge is 0.504 e. The summed E-state index contributed by atoms with van der Waals surface area (Å²) in [7, 11) is 1.93. The van der Waals surface area contributed by atoms with Gasteiger partial charge in [-0.05, 0) is 30.3 Å². The first-order chi connectivity index (χ1) is 18.3. The molecule has 0 radical (unpaired) electrons. The van der Waals surface area contributed by atoms with Gasteiger partial charge in [-0.25, -0.2) is 0 Å². The van der Waals surface area contributed by atoms with E-state index in [1.807, 2.05) is 18.0 Å². The molecule has 4 N–H and O–H groups in total. The van der Waals surface area contributed by atoms with Crippen LogP contribution >= 0.6 is 0 Å². The molecule has 1 aromatic heterocycles. The lowest BCUT2D eigenvalue weighted by molar-refractivity contribution is 0.122. The summed E-state index contributed by atoms with van der Waals surface area (Å²) >= 11 is 0. The number of phenols is 1. The van der Waals surface area contributed by atoms with E-state index in [1.165, 1.54) is 23.1 Å². The van der Waals surface area contributed by atoms with E-state index < -0.39 is 23.4 Å². The number of nitrogens with zero attached hydrogens (tertiary/aromatic N) is 4. The highest BCUT2D eigenvalue weighted by atomic mass is 19.1. The van der Waals surface area contributed by atoms with Gasteiger partial charge >= 0.3 is 0 Å². The number of anilines is 1. The Morgan fingerprint density at radius 2 is 1.79 bits per heavy atom.